The van der Waals surface area contributed by atoms with Gasteiger partial charge >= 0.3 is 12.1 Å². The Morgan fingerprint density at radius 3 is 2.51 bits per heavy atom. The van der Waals surface area contributed by atoms with E-state index in [0.717, 1.165) is 12.1 Å². The number of aromatic nitrogens is 3. The van der Waals surface area contributed by atoms with Crippen LogP contribution in [0.4, 0.5) is 22.0 Å². The van der Waals surface area contributed by atoms with E-state index in [2.05, 4.69) is 20.1 Å². The molecule has 0 spiro atoms. The lowest BCUT2D eigenvalue weighted by atomic mass is 10.0. The number of carbonyl (C=O) groups excluding carboxylic acids is 1. The SMILES string of the molecule is CCCOc1ccc(-c2ccc(C(C(=O)OC(C)(C)C)N3Cc4[nH]c(-c5cccc(F)c5F)nc4C=N3)cn2)c(C(F)(F)F)c1. The summed E-state index contributed by atoms with van der Waals surface area (Å²) in [7, 11) is 0. The fourth-order valence-corrected chi connectivity index (χ4v) is 4.76. The smallest absolute Gasteiger partial charge is 0.417 e. The minimum atomic E-state index is -4.67. The van der Waals surface area contributed by atoms with Crippen molar-refractivity contribution in [2.45, 2.75) is 58.5 Å². The predicted molar refractivity (Wildman–Crippen MR) is 156 cm³/mol. The zero-order valence-electron chi connectivity index (χ0n) is 24.9. The number of esters is 1. The molecule has 1 aliphatic rings. The summed E-state index contributed by atoms with van der Waals surface area (Å²) in [6, 6.07) is 9.16. The summed E-state index contributed by atoms with van der Waals surface area (Å²) >= 11 is 0. The van der Waals surface area contributed by atoms with Crippen LogP contribution in [0.5, 0.6) is 5.75 Å². The molecule has 0 saturated carbocycles. The van der Waals surface area contributed by atoms with Crippen LogP contribution in [0.3, 0.4) is 0 Å². The summed E-state index contributed by atoms with van der Waals surface area (Å²) in [6.07, 6.45) is -1.36. The van der Waals surface area contributed by atoms with E-state index < -0.39 is 41.0 Å². The second kappa shape index (κ2) is 12.3. The Hall–Kier alpha value is -4.81. The monoisotopic (exact) mass is 627 g/mol. The molecule has 2 aromatic heterocycles. The van der Waals surface area contributed by atoms with Crippen molar-refractivity contribution in [3.05, 3.63) is 88.9 Å². The molecule has 45 heavy (non-hydrogen) atoms. The Kier molecular flexibility index (Phi) is 8.63. The van der Waals surface area contributed by atoms with Crippen LogP contribution in [0.25, 0.3) is 22.6 Å². The van der Waals surface area contributed by atoms with Crippen molar-refractivity contribution in [2.24, 2.45) is 5.10 Å². The van der Waals surface area contributed by atoms with E-state index in [4.69, 9.17) is 9.47 Å². The molecule has 236 valence electrons. The first-order valence-corrected chi connectivity index (χ1v) is 14.1. The highest BCUT2D eigenvalue weighted by Gasteiger charge is 2.36. The topological polar surface area (TPSA) is 92.7 Å². The van der Waals surface area contributed by atoms with Gasteiger partial charge in [-0.15, -0.1) is 0 Å². The van der Waals surface area contributed by atoms with Crippen LogP contribution in [-0.2, 0) is 22.3 Å². The summed E-state index contributed by atoms with van der Waals surface area (Å²) < 4.78 is 81.4. The molecular formula is C32H30F5N5O3. The fourth-order valence-electron chi connectivity index (χ4n) is 4.76. The van der Waals surface area contributed by atoms with E-state index in [0.29, 0.717) is 23.4 Å². The summed E-state index contributed by atoms with van der Waals surface area (Å²) in [6.45, 7) is 7.21. The minimum absolute atomic E-state index is 0.00112. The Labute approximate surface area is 255 Å². The minimum Gasteiger partial charge on any atom is -0.494 e. The van der Waals surface area contributed by atoms with Crippen LogP contribution in [0.2, 0.25) is 0 Å². The third-order valence-electron chi connectivity index (χ3n) is 6.74. The number of ether oxygens (including phenoxy) is 2. The maximum atomic E-state index is 14.4. The number of H-pyrrole nitrogens is 1. The van der Waals surface area contributed by atoms with Gasteiger partial charge in [-0.05, 0) is 63.6 Å². The number of pyridine rings is 1. The number of hydrogen-bond acceptors (Lipinski definition) is 7. The molecule has 0 amide bonds. The number of nitrogens with one attached hydrogen (secondary N) is 1. The Morgan fingerprint density at radius 2 is 1.84 bits per heavy atom. The first-order valence-electron chi connectivity index (χ1n) is 14.1. The average Bonchev–Trinajstić information content (AvgIpc) is 3.40. The maximum Gasteiger partial charge on any atom is 0.417 e. The van der Waals surface area contributed by atoms with Gasteiger partial charge in [0.15, 0.2) is 17.7 Å². The van der Waals surface area contributed by atoms with Gasteiger partial charge in [-0.1, -0.05) is 19.1 Å². The van der Waals surface area contributed by atoms with Crippen molar-refractivity contribution in [1.29, 1.82) is 0 Å². The molecule has 8 nitrogen and oxygen atoms in total. The zero-order chi connectivity index (χ0) is 32.5. The van der Waals surface area contributed by atoms with Gasteiger partial charge in [-0.3, -0.25) is 9.99 Å². The Balaban J connectivity index is 1.48. The normalized spacial score (nSPS) is 13.8. The number of halogens is 5. The molecule has 1 unspecified atom stereocenters. The number of fused-ring (bicyclic) bond motifs is 1. The van der Waals surface area contributed by atoms with Gasteiger partial charge in [0.1, 0.15) is 22.9 Å². The van der Waals surface area contributed by atoms with Gasteiger partial charge in [-0.2, -0.15) is 18.3 Å². The highest BCUT2D eigenvalue weighted by Crippen LogP contribution is 2.39. The molecule has 0 radical (unpaired) electrons. The van der Waals surface area contributed by atoms with E-state index >= 15 is 0 Å². The van der Waals surface area contributed by atoms with Crippen LogP contribution in [0.15, 0.2) is 59.8 Å². The summed E-state index contributed by atoms with van der Waals surface area (Å²) in [4.78, 5) is 25.1. The maximum absolute atomic E-state index is 14.4. The first-order chi connectivity index (χ1) is 21.2. The quantitative estimate of drug-likeness (QED) is 0.161. The number of hydrogen-bond donors (Lipinski definition) is 1. The van der Waals surface area contributed by atoms with Crippen LogP contribution in [-0.4, -0.2) is 44.4 Å². The van der Waals surface area contributed by atoms with E-state index in [9.17, 15) is 26.7 Å². The molecule has 4 aromatic rings. The molecule has 2 aromatic carbocycles. The summed E-state index contributed by atoms with van der Waals surface area (Å²) in [5, 5.41) is 5.77. The Bertz CT molecular complexity index is 1730. The highest BCUT2D eigenvalue weighted by molar-refractivity contribution is 5.83. The van der Waals surface area contributed by atoms with Crippen LogP contribution in [0, 0.1) is 11.6 Å². The lowest BCUT2D eigenvalue weighted by Gasteiger charge is -2.31. The molecule has 1 aliphatic heterocycles. The van der Waals surface area contributed by atoms with Gasteiger partial charge in [-0.25, -0.2) is 18.6 Å². The molecule has 1 N–H and O–H groups in total. The molecule has 5 rings (SSSR count). The van der Waals surface area contributed by atoms with E-state index in [1.54, 1.807) is 20.8 Å². The largest absolute Gasteiger partial charge is 0.494 e. The van der Waals surface area contributed by atoms with Gasteiger partial charge in [0.05, 0.1) is 41.9 Å². The molecule has 3 heterocycles. The zero-order valence-corrected chi connectivity index (χ0v) is 24.9. The number of hydrazone groups is 1. The van der Waals surface area contributed by atoms with Gasteiger partial charge in [0.25, 0.3) is 0 Å². The highest BCUT2D eigenvalue weighted by atomic mass is 19.4. The van der Waals surface area contributed by atoms with E-state index in [1.165, 1.54) is 53.8 Å². The van der Waals surface area contributed by atoms with Crippen LogP contribution >= 0.6 is 0 Å². The summed E-state index contributed by atoms with van der Waals surface area (Å²) in [5.41, 5.74) is -0.811. The molecule has 0 aliphatic carbocycles. The number of rotatable bonds is 8. The van der Waals surface area contributed by atoms with Gasteiger partial charge < -0.3 is 14.5 Å². The van der Waals surface area contributed by atoms with Crippen molar-refractivity contribution >= 4 is 12.2 Å². The Morgan fingerprint density at radius 1 is 1.07 bits per heavy atom. The third-order valence-corrected chi connectivity index (χ3v) is 6.74. The van der Waals surface area contributed by atoms with Crippen LogP contribution < -0.4 is 4.74 Å². The number of aromatic amines is 1. The van der Waals surface area contributed by atoms with Crippen molar-refractivity contribution in [3.8, 4) is 28.4 Å². The molecule has 0 fully saturated rings. The number of benzene rings is 2. The second-order valence-corrected chi connectivity index (χ2v) is 11.4. The third kappa shape index (κ3) is 6.97. The lowest BCUT2D eigenvalue weighted by molar-refractivity contribution is -0.162. The first kappa shape index (κ1) is 31.6. The number of imidazole rings is 1. The van der Waals surface area contributed by atoms with E-state index in [-0.39, 0.29) is 41.5 Å². The van der Waals surface area contributed by atoms with Crippen molar-refractivity contribution < 1.29 is 36.2 Å². The molecule has 0 bridgehead atoms. The number of nitrogens with zero attached hydrogens (tertiary/aromatic N) is 4. The molecule has 1 atom stereocenters. The standard InChI is InChI=1S/C32H30F5N5O3/c1-5-13-44-19-10-11-20(22(14-19)32(35,36)37)24-12-9-18(15-38-24)28(30(43)45-31(2,3)4)42-17-26-25(16-39-42)40-29(41-26)21-7-6-8-23(33)27(21)34/h6-12,14-16,28H,5,13,17H2,1-4H3,(H,40,41). The van der Waals surface area contributed by atoms with Crippen LogP contribution in [0.1, 0.15) is 62.7 Å². The fraction of sp³-hybridized carbons (Fsp3) is 0.312. The molecular weight excluding hydrogens is 597 g/mol. The van der Waals surface area contributed by atoms with E-state index in [1.807, 2.05) is 6.92 Å². The average molecular weight is 628 g/mol. The lowest BCUT2D eigenvalue weighted by Crippen LogP contribution is -2.37. The molecule has 13 heteroatoms. The van der Waals surface area contributed by atoms with Gasteiger partial charge in [0.2, 0.25) is 0 Å². The second-order valence-electron chi connectivity index (χ2n) is 11.4. The number of alkyl halides is 3. The van der Waals surface area contributed by atoms with Crippen molar-refractivity contribution in [3.63, 3.8) is 0 Å². The number of carbonyl (C=O) groups is 1. The summed E-state index contributed by atoms with van der Waals surface area (Å²) in [5.74, 6) is -2.59. The van der Waals surface area contributed by atoms with Crippen molar-refractivity contribution in [2.75, 3.05) is 6.61 Å². The van der Waals surface area contributed by atoms with Gasteiger partial charge in [0, 0.05) is 17.3 Å². The molecule has 0 saturated heterocycles. The predicted octanol–water partition coefficient (Wildman–Crippen LogP) is 7.46. The van der Waals surface area contributed by atoms with Crippen molar-refractivity contribution in [1.82, 2.24) is 20.0 Å².